The highest BCUT2D eigenvalue weighted by molar-refractivity contribution is 5.96. The van der Waals surface area contributed by atoms with E-state index in [-0.39, 0.29) is 5.91 Å². The van der Waals surface area contributed by atoms with Crippen LogP contribution in [0.5, 0.6) is 0 Å². The van der Waals surface area contributed by atoms with Gasteiger partial charge < -0.3 is 11.1 Å². The number of anilines is 1. The molecule has 0 aromatic heterocycles. The highest BCUT2D eigenvalue weighted by atomic mass is 16.1. The number of carbonyl (C=O) groups is 1. The number of benzene rings is 1. The number of nitrogens with two attached hydrogens (primary N) is 1. The summed E-state index contributed by atoms with van der Waals surface area (Å²) in [5.41, 5.74) is 7.99. The molecule has 0 aliphatic rings. The molecule has 0 atom stereocenters. The van der Waals surface area contributed by atoms with Gasteiger partial charge in [0.15, 0.2) is 0 Å². The summed E-state index contributed by atoms with van der Waals surface area (Å²) < 4.78 is 0. The van der Waals surface area contributed by atoms with E-state index >= 15 is 0 Å². The number of aryl methyl sites for hydroxylation is 1. The third-order valence-corrected chi connectivity index (χ3v) is 3.72. The van der Waals surface area contributed by atoms with Crippen molar-refractivity contribution in [3.05, 3.63) is 29.3 Å². The average molecular weight is 262 g/mol. The van der Waals surface area contributed by atoms with Crippen LogP contribution in [-0.4, -0.2) is 12.5 Å². The van der Waals surface area contributed by atoms with Crippen LogP contribution >= 0.6 is 0 Å². The second-order valence-electron chi connectivity index (χ2n) is 5.94. The van der Waals surface area contributed by atoms with Gasteiger partial charge in [-0.2, -0.15) is 0 Å². The molecule has 0 aliphatic heterocycles. The summed E-state index contributed by atoms with van der Waals surface area (Å²) in [4.78, 5) is 12.2. The van der Waals surface area contributed by atoms with Crippen molar-refractivity contribution < 1.29 is 4.79 Å². The Morgan fingerprint density at radius 2 is 1.79 bits per heavy atom. The Kier molecular flexibility index (Phi) is 5.40. The number of rotatable bonds is 5. The van der Waals surface area contributed by atoms with Crippen molar-refractivity contribution in [3.8, 4) is 0 Å². The third-order valence-electron chi connectivity index (χ3n) is 3.72. The van der Waals surface area contributed by atoms with Gasteiger partial charge in [-0.05, 0) is 42.4 Å². The molecule has 1 rings (SSSR count). The van der Waals surface area contributed by atoms with E-state index in [4.69, 9.17) is 5.73 Å². The molecule has 0 radical (unpaired) electrons. The van der Waals surface area contributed by atoms with E-state index < -0.39 is 0 Å². The molecule has 1 aromatic carbocycles. The molecule has 0 saturated heterocycles. The van der Waals surface area contributed by atoms with Crippen molar-refractivity contribution in [2.45, 2.75) is 34.6 Å². The van der Waals surface area contributed by atoms with Crippen molar-refractivity contribution in [3.63, 3.8) is 0 Å². The molecule has 0 bridgehead atoms. The number of nitrogen functional groups attached to an aromatic ring is 1. The molecule has 106 valence electrons. The van der Waals surface area contributed by atoms with Crippen LogP contribution < -0.4 is 11.1 Å². The quantitative estimate of drug-likeness (QED) is 0.800. The Hall–Kier alpha value is -1.51. The normalized spacial score (nSPS) is 11.4. The van der Waals surface area contributed by atoms with Gasteiger partial charge in [0.2, 0.25) is 0 Å². The second-order valence-corrected chi connectivity index (χ2v) is 5.94. The number of amides is 1. The Morgan fingerprint density at radius 1 is 1.21 bits per heavy atom. The van der Waals surface area contributed by atoms with Gasteiger partial charge in [0, 0.05) is 17.8 Å². The molecule has 0 aliphatic carbocycles. The standard InChI is InChI=1S/C16H26N2O/c1-10(2)15(11(3)4)9-18-16(19)14-8-13(17)7-6-12(14)5/h6-8,10-11,15H,9,17H2,1-5H3,(H,18,19). The lowest BCUT2D eigenvalue weighted by molar-refractivity contribution is 0.0936. The first-order valence-electron chi connectivity index (χ1n) is 6.97. The maximum atomic E-state index is 12.2. The SMILES string of the molecule is Cc1ccc(N)cc1C(=O)NCC(C(C)C)C(C)C. The van der Waals surface area contributed by atoms with Gasteiger partial charge in [0.1, 0.15) is 0 Å². The van der Waals surface area contributed by atoms with Crippen LogP contribution in [0.3, 0.4) is 0 Å². The molecule has 3 heteroatoms. The predicted octanol–water partition coefficient (Wildman–Crippen LogP) is 3.24. The molecule has 1 amide bonds. The lowest BCUT2D eigenvalue weighted by Crippen LogP contribution is -2.34. The summed E-state index contributed by atoms with van der Waals surface area (Å²) in [6.07, 6.45) is 0. The van der Waals surface area contributed by atoms with Gasteiger partial charge in [0.25, 0.3) is 5.91 Å². The van der Waals surface area contributed by atoms with Crippen LogP contribution in [0.1, 0.15) is 43.6 Å². The molecule has 1 aromatic rings. The molecule has 0 spiro atoms. The minimum atomic E-state index is -0.0314. The zero-order valence-electron chi connectivity index (χ0n) is 12.7. The van der Waals surface area contributed by atoms with Gasteiger partial charge in [0.05, 0.1) is 0 Å². The van der Waals surface area contributed by atoms with E-state index in [1.54, 1.807) is 6.07 Å². The summed E-state index contributed by atoms with van der Waals surface area (Å²) in [7, 11) is 0. The zero-order valence-corrected chi connectivity index (χ0v) is 12.7. The molecular weight excluding hydrogens is 236 g/mol. The molecule has 0 saturated carbocycles. The van der Waals surface area contributed by atoms with Crippen LogP contribution in [0.2, 0.25) is 0 Å². The number of hydrogen-bond donors (Lipinski definition) is 2. The predicted molar refractivity (Wildman–Crippen MR) is 81.1 cm³/mol. The zero-order chi connectivity index (χ0) is 14.6. The molecule has 0 fully saturated rings. The van der Waals surface area contributed by atoms with Crippen LogP contribution in [0.25, 0.3) is 0 Å². The Balaban J connectivity index is 2.72. The minimum absolute atomic E-state index is 0.0314. The Morgan fingerprint density at radius 3 is 2.32 bits per heavy atom. The largest absolute Gasteiger partial charge is 0.399 e. The van der Waals surface area contributed by atoms with E-state index in [1.165, 1.54) is 0 Å². The van der Waals surface area contributed by atoms with Crippen molar-refractivity contribution in [1.29, 1.82) is 0 Å². The summed E-state index contributed by atoms with van der Waals surface area (Å²) in [6, 6.07) is 5.44. The van der Waals surface area contributed by atoms with E-state index in [1.807, 2.05) is 19.1 Å². The van der Waals surface area contributed by atoms with E-state index in [0.29, 0.717) is 35.5 Å². The van der Waals surface area contributed by atoms with Crippen LogP contribution in [0.15, 0.2) is 18.2 Å². The molecule has 0 unspecified atom stereocenters. The minimum Gasteiger partial charge on any atom is -0.399 e. The van der Waals surface area contributed by atoms with Crippen molar-refractivity contribution in [2.24, 2.45) is 17.8 Å². The van der Waals surface area contributed by atoms with Gasteiger partial charge in [-0.1, -0.05) is 33.8 Å². The molecule has 3 N–H and O–H groups in total. The average Bonchev–Trinajstić information content (AvgIpc) is 2.31. The topological polar surface area (TPSA) is 55.1 Å². The first kappa shape index (κ1) is 15.5. The summed E-state index contributed by atoms with van der Waals surface area (Å²) in [5, 5.41) is 3.04. The smallest absolute Gasteiger partial charge is 0.251 e. The first-order valence-corrected chi connectivity index (χ1v) is 6.97. The van der Waals surface area contributed by atoms with Crippen LogP contribution in [0.4, 0.5) is 5.69 Å². The maximum Gasteiger partial charge on any atom is 0.251 e. The van der Waals surface area contributed by atoms with Crippen molar-refractivity contribution in [2.75, 3.05) is 12.3 Å². The van der Waals surface area contributed by atoms with Gasteiger partial charge >= 0.3 is 0 Å². The summed E-state index contributed by atoms with van der Waals surface area (Å²) >= 11 is 0. The fourth-order valence-electron chi connectivity index (χ4n) is 2.43. The first-order chi connectivity index (χ1) is 8.82. The van der Waals surface area contributed by atoms with Crippen molar-refractivity contribution >= 4 is 11.6 Å². The fourth-order valence-corrected chi connectivity index (χ4v) is 2.43. The second kappa shape index (κ2) is 6.60. The van der Waals surface area contributed by atoms with Crippen molar-refractivity contribution in [1.82, 2.24) is 5.32 Å². The van der Waals surface area contributed by atoms with Crippen LogP contribution in [0, 0.1) is 24.7 Å². The highest BCUT2D eigenvalue weighted by Crippen LogP contribution is 2.20. The Labute approximate surface area is 116 Å². The van der Waals surface area contributed by atoms with Gasteiger partial charge in [-0.25, -0.2) is 0 Å². The molecule has 19 heavy (non-hydrogen) atoms. The monoisotopic (exact) mass is 262 g/mol. The lowest BCUT2D eigenvalue weighted by atomic mass is 9.85. The van der Waals surface area contributed by atoms with E-state index in [0.717, 1.165) is 5.56 Å². The lowest BCUT2D eigenvalue weighted by Gasteiger charge is -2.25. The van der Waals surface area contributed by atoms with E-state index in [9.17, 15) is 4.79 Å². The molecule has 0 heterocycles. The molecular formula is C16H26N2O. The molecule has 3 nitrogen and oxygen atoms in total. The highest BCUT2D eigenvalue weighted by Gasteiger charge is 2.19. The van der Waals surface area contributed by atoms with Gasteiger partial charge in [-0.3, -0.25) is 4.79 Å². The number of carbonyl (C=O) groups excluding carboxylic acids is 1. The maximum absolute atomic E-state index is 12.2. The van der Waals surface area contributed by atoms with Crippen LogP contribution in [-0.2, 0) is 0 Å². The number of nitrogens with one attached hydrogen (secondary N) is 1. The fraction of sp³-hybridized carbons (Fsp3) is 0.562. The summed E-state index contributed by atoms with van der Waals surface area (Å²) in [6.45, 7) is 11.4. The summed E-state index contributed by atoms with van der Waals surface area (Å²) in [5.74, 6) is 1.57. The van der Waals surface area contributed by atoms with E-state index in [2.05, 4.69) is 33.0 Å². The number of hydrogen-bond acceptors (Lipinski definition) is 2. The Bertz CT molecular complexity index is 430. The van der Waals surface area contributed by atoms with Gasteiger partial charge in [-0.15, -0.1) is 0 Å². The third kappa shape index (κ3) is 4.27.